The van der Waals surface area contributed by atoms with E-state index in [1.54, 1.807) is 0 Å². The van der Waals surface area contributed by atoms with Crippen molar-refractivity contribution in [1.82, 2.24) is 4.98 Å². The molecule has 146 valence electrons. The lowest BCUT2D eigenvalue weighted by atomic mass is 10.1. The Hall–Kier alpha value is -2.83. The van der Waals surface area contributed by atoms with Crippen molar-refractivity contribution >= 4 is 50.6 Å². The Morgan fingerprint density at radius 2 is 1.93 bits per heavy atom. The van der Waals surface area contributed by atoms with E-state index < -0.39 is 0 Å². The molecule has 1 aromatic heterocycles. The number of fused-ring (bicyclic) bond motifs is 1. The van der Waals surface area contributed by atoms with E-state index >= 15 is 0 Å². The van der Waals surface area contributed by atoms with Gasteiger partial charge in [-0.2, -0.15) is 0 Å². The first-order valence-electron chi connectivity index (χ1n) is 9.40. The lowest BCUT2D eigenvalue weighted by Crippen LogP contribution is -2.24. The first kappa shape index (κ1) is 19.5. The second-order valence-electron chi connectivity index (χ2n) is 6.68. The molecule has 0 saturated heterocycles. The standard InChI is InChI=1S/C23H21N3OS2/c1-2-21(29-19-9-5-8-18(24)13-19)22(27)26-23-25-20(14-28-23)17-11-10-15-6-3-4-7-16(15)12-17/h3-14,21H,2,24H2,1H3,(H,25,26,27). The summed E-state index contributed by atoms with van der Waals surface area (Å²) in [6, 6.07) is 22.1. The monoisotopic (exact) mass is 419 g/mol. The number of anilines is 2. The third-order valence-corrected chi connectivity index (χ3v) is 6.69. The number of thiazole rings is 1. The van der Waals surface area contributed by atoms with Crippen molar-refractivity contribution in [3.63, 3.8) is 0 Å². The van der Waals surface area contributed by atoms with Crippen LogP contribution in [0.1, 0.15) is 13.3 Å². The number of nitrogens with two attached hydrogens (primary N) is 1. The van der Waals surface area contributed by atoms with Crippen LogP contribution in [0, 0.1) is 0 Å². The highest BCUT2D eigenvalue weighted by Gasteiger charge is 2.19. The summed E-state index contributed by atoms with van der Waals surface area (Å²) in [5.74, 6) is -0.0423. The van der Waals surface area contributed by atoms with Crippen LogP contribution in [0.3, 0.4) is 0 Å². The van der Waals surface area contributed by atoms with E-state index in [0.717, 1.165) is 16.2 Å². The normalized spacial score (nSPS) is 12.0. The second-order valence-corrected chi connectivity index (χ2v) is 8.81. The zero-order chi connectivity index (χ0) is 20.2. The van der Waals surface area contributed by atoms with Gasteiger partial charge in [0.2, 0.25) is 5.91 Å². The SMILES string of the molecule is CCC(Sc1cccc(N)c1)C(=O)Nc1nc(-c2ccc3ccccc3c2)cs1. The van der Waals surface area contributed by atoms with Gasteiger partial charge in [-0.15, -0.1) is 23.1 Å². The van der Waals surface area contributed by atoms with Crippen LogP contribution in [0.15, 0.2) is 77.0 Å². The Morgan fingerprint density at radius 3 is 2.72 bits per heavy atom. The number of carbonyl (C=O) groups excluding carboxylic acids is 1. The number of aromatic nitrogens is 1. The molecule has 1 heterocycles. The van der Waals surface area contributed by atoms with Gasteiger partial charge in [0.25, 0.3) is 0 Å². The second kappa shape index (κ2) is 8.68. The molecule has 0 radical (unpaired) electrons. The Bertz CT molecular complexity index is 1160. The molecular formula is C23H21N3OS2. The summed E-state index contributed by atoms with van der Waals surface area (Å²) in [7, 11) is 0. The first-order chi connectivity index (χ1) is 14.1. The van der Waals surface area contributed by atoms with E-state index in [1.807, 2.05) is 48.7 Å². The Kier molecular flexibility index (Phi) is 5.83. The molecule has 1 amide bonds. The van der Waals surface area contributed by atoms with Gasteiger partial charge in [-0.3, -0.25) is 4.79 Å². The Labute approximate surface area is 178 Å². The third-order valence-electron chi connectivity index (χ3n) is 4.58. The number of thioether (sulfide) groups is 1. The zero-order valence-corrected chi connectivity index (χ0v) is 17.6. The van der Waals surface area contributed by atoms with Crippen molar-refractivity contribution in [3.8, 4) is 11.3 Å². The van der Waals surface area contributed by atoms with Gasteiger partial charge in [-0.1, -0.05) is 49.4 Å². The van der Waals surface area contributed by atoms with Gasteiger partial charge in [0.05, 0.1) is 10.9 Å². The fourth-order valence-corrected chi connectivity index (χ4v) is 4.82. The highest BCUT2D eigenvalue weighted by atomic mass is 32.2. The molecule has 3 N–H and O–H groups in total. The van der Waals surface area contributed by atoms with Crippen LogP contribution in [-0.2, 0) is 4.79 Å². The minimum Gasteiger partial charge on any atom is -0.399 e. The summed E-state index contributed by atoms with van der Waals surface area (Å²) in [6.45, 7) is 2.01. The van der Waals surface area contributed by atoms with Gasteiger partial charge in [-0.05, 0) is 41.5 Å². The number of amides is 1. The highest BCUT2D eigenvalue weighted by molar-refractivity contribution is 8.00. The van der Waals surface area contributed by atoms with E-state index in [1.165, 1.54) is 33.9 Å². The molecule has 4 aromatic rings. The van der Waals surface area contributed by atoms with E-state index in [9.17, 15) is 4.79 Å². The van der Waals surface area contributed by atoms with E-state index in [0.29, 0.717) is 17.2 Å². The number of benzene rings is 3. The van der Waals surface area contributed by atoms with Crippen molar-refractivity contribution in [3.05, 3.63) is 72.1 Å². The summed E-state index contributed by atoms with van der Waals surface area (Å²) in [5, 5.41) is 7.73. The Balaban J connectivity index is 1.47. The summed E-state index contributed by atoms with van der Waals surface area (Å²) in [5.41, 5.74) is 8.46. The molecule has 6 heteroatoms. The molecule has 29 heavy (non-hydrogen) atoms. The number of hydrogen-bond acceptors (Lipinski definition) is 5. The van der Waals surface area contributed by atoms with Gasteiger partial charge < -0.3 is 11.1 Å². The van der Waals surface area contributed by atoms with Crippen LogP contribution in [0.25, 0.3) is 22.0 Å². The van der Waals surface area contributed by atoms with Crippen LogP contribution < -0.4 is 11.1 Å². The molecule has 0 aliphatic heterocycles. The average molecular weight is 420 g/mol. The molecule has 4 rings (SSSR count). The molecule has 3 aromatic carbocycles. The van der Waals surface area contributed by atoms with Crippen LogP contribution in [0.4, 0.5) is 10.8 Å². The van der Waals surface area contributed by atoms with Crippen LogP contribution in [0.2, 0.25) is 0 Å². The molecule has 0 saturated carbocycles. The number of nitrogens with zero attached hydrogens (tertiary/aromatic N) is 1. The predicted molar refractivity (Wildman–Crippen MR) is 124 cm³/mol. The van der Waals surface area contributed by atoms with Crippen molar-refractivity contribution in [2.75, 3.05) is 11.1 Å². The van der Waals surface area contributed by atoms with Crippen molar-refractivity contribution in [1.29, 1.82) is 0 Å². The van der Waals surface area contributed by atoms with Crippen LogP contribution in [-0.4, -0.2) is 16.1 Å². The highest BCUT2D eigenvalue weighted by Crippen LogP contribution is 2.30. The summed E-state index contributed by atoms with van der Waals surface area (Å²) in [4.78, 5) is 18.4. The van der Waals surface area contributed by atoms with Crippen LogP contribution in [0.5, 0.6) is 0 Å². The first-order valence-corrected chi connectivity index (χ1v) is 11.2. The Morgan fingerprint density at radius 1 is 1.10 bits per heavy atom. The summed E-state index contributed by atoms with van der Waals surface area (Å²) in [6.07, 6.45) is 0.716. The summed E-state index contributed by atoms with van der Waals surface area (Å²) < 4.78 is 0. The molecule has 0 spiro atoms. The minimum absolute atomic E-state index is 0.0423. The minimum atomic E-state index is -0.204. The van der Waals surface area contributed by atoms with Gasteiger partial charge in [0.1, 0.15) is 0 Å². The number of nitrogen functional groups attached to an aromatic ring is 1. The molecule has 0 aliphatic rings. The number of rotatable bonds is 6. The summed E-state index contributed by atoms with van der Waals surface area (Å²) >= 11 is 2.96. The topological polar surface area (TPSA) is 68.0 Å². The maximum atomic E-state index is 12.8. The van der Waals surface area contributed by atoms with Crippen LogP contribution >= 0.6 is 23.1 Å². The lowest BCUT2D eigenvalue weighted by molar-refractivity contribution is -0.115. The molecule has 1 unspecified atom stereocenters. The van der Waals surface area contributed by atoms with Crippen molar-refractivity contribution < 1.29 is 4.79 Å². The van der Waals surface area contributed by atoms with E-state index in [-0.39, 0.29) is 11.2 Å². The van der Waals surface area contributed by atoms with Gasteiger partial charge >= 0.3 is 0 Å². The molecule has 0 fully saturated rings. The number of nitrogens with one attached hydrogen (secondary N) is 1. The number of hydrogen-bond donors (Lipinski definition) is 2. The molecule has 4 nitrogen and oxygen atoms in total. The largest absolute Gasteiger partial charge is 0.399 e. The van der Waals surface area contributed by atoms with Gasteiger partial charge in [0.15, 0.2) is 5.13 Å². The third kappa shape index (κ3) is 4.60. The molecular weight excluding hydrogens is 398 g/mol. The molecule has 1 atom stereocenters. The zero-order valence-electron chi connectivity index (χ0n) is 16.0. The molecule has 0 aliphatic carbocycles. The van der Waals surface area contributed by atoms with Gasteiger partial charge in [0, 0.05) is 21.5 Å². The van der Waals surface area contributed by atoms with Crippen molar-refractivity contribution in [2.45, 2.75) is 23.5 Å². The predicted octanol–water partition coefficient (Wildman–Crippen LogP) is 6.05. The molecule has 0 bridgehead atoms. The lowest BCUT2D eigenvalue weighted by Gasteiger charge is -2.13. The average Bonchev–Trinajstić information content (AvgIpc) is 3.20. The number of carbonyl (C=O) groups is 1. The van der Waals surface area contributed by atoms with E-state index in [2.05, 4.69) is 40.6 Å². The smallest absolute Gasteiger partial charge is 0.239 e. The quantitative estimate of drug-likeness (QED) is 0.295. The fraction of sp³-hybridized carbons (Fsp3) is 0.130. The van der Waals surface area contributed by atoms with Crippen molar-refractivity contribution in [2.24, 2.45) is 0 Å². The maximum Gasteiger partial charge on any atom is 0.239 e. The van der Waals surface area contributed by atoms with Gasteiger partial charge in [-0.25, -0.2) is 4.98 Å². The van der Waals surface area contributed by atoms with E-state index in [4.69, 9.17) is 5.73 Å². The maximum absolute atomic E-state index is 12.8. The fourth-order valence-electron chi connectivity index (χ4n) is 3.07.